The van der Waals surface area contributed by atoms with E-state index in [1.54, 1.807) is 12.4 Å². The van der Waals surface area contributed by atoms with Crippen LogP contribution in [0.1, 0.15) is 36.9 Å². The molecule has 1 aromatic carbocycles. The summed E-state index contributed by atoms with van der Waals surface area (Å²) in [6.07, 6.45) is 7.02. The molecular weight excluding hydrogens is 464 g/mol. The predicted molar refractivity (Wildman–Crippen MR) is 144 cm³/mol. The molecule has 2 aliphatic rings. The number of amides is 1. The van der Waals surface area contributed by atoms with Crippen molar-refractivity contribution in [2.75, 3.05) is 31.9 Å². The minimum Gasteiger partial charge on any atom is -0.384 e. The molecule has 37 heavy (non-hydrogen) atoms. The Bertz CT molecular complexity index is 1190. The van der Waals surface area contributed by atoms with Crippen LogP contribution in [-0.2, 0) is 11.3 Å². The molecule has 0 unspecified atom stereocenters. The van der Waals surface area contributed by atoms with Crippen molar-refractivity contribution in [3.05, 3.63) is 84.3 Å². The zero-order valence-electron chi connectivity index (χ0n) is 21.1. The van der Waals surface area contributed by atoms with Crippen LogP contribution in [0.2, 0.25) is 0 Å². The Morgan fingerprint density at radius 3 is 2.32 bits per heavy atom. The number of anilines is 1. The summed E-state index contributed by atoms with van der Waals surface area (Å²) in [6.45, 7) is 4.15. The molecular formula is C29H34N6O2. The zero-order valence-corrected chi connectivity index (χ0v) is 21.1. The maximum atomic E-state index is 13.3. The molecule has 5 rings (SSSR count). The van der Waals surface area contributed by atoms with Gasteiger partial charge in [0.05, 0.1) is 5.69 Å². The van der Waals surface area contributed by atoms with Crippen LogP contribution in [0.3, 0.4) is 0 Å². The number of aromatic nitrogens is 2. The van der Waals surface area contributed by atoms with E-state index in [4.69, 9.17) is 10.6 Å². The molecule has 8 nitrogen and oxygen atoms in total. The number of hydrogen-bond acceptors (Lipinski definition) is 7. The number of benzene rings is 1. The highest BCUT2D eigenvalue weighted by Gasteiger charge is 2.33. The largest absolute Gasteiger partial charge is 0.384 e. The first-order valence-corrected chi connectivity index (χ1v) is 13.1. The second-order valence-corrected chi connectivity index (χ2v) is 9.83. The van der Waals surface area contributed by atoms with E-state index in [9.17, 15) is 4.79 Å². The highest BCUT2D eigenvalue weighted by molar-refractivity contribution is 6.00. The first-order chi connectivity index (χ1) is 18.2. The summed E-state index contributed by atoms with van der Waals surface area (Å²) in [7, 11) is 0. The normalized spacial score (nSPS) is 18.1. The number of rotatable bonds is 7. The molecule has 0 radical (unpaired) electrons. The van der Waals surface area contributed by atoms with E-state index >= 15 is 0 Å². The first-order valence-electron chi connectivity index (χ1n) is 13.1. The summed E-state index contributed by atoms with van der Waals surface area (Å²) in [4.78, 5) is 32.1. The van der Waals surface area contributed by atoms with Crippen LogP contribution in [-0.4, -0.2) is 57.6 Å². The quantitative estimate of drug-likeness (QED) is 0.391. The van der Waals surface area contributed by atoms with E-state index in [1.807, 2.05) is 60.7 Å². The maximum Gasteiger partial charge on any atom is 0.225 e. The van der Waals surface area contributed by atoms with Crippen LogP contribution in [0, 0.1) is 11.8 Å². The molecule has 192 valence electrons. The zero-order chi connectivity index (χ0) is 25.5. The molecule has 4 heterocycles. The van der Waals surface area contributed by atoms with Crippen molar-refractivity contribution in [2.24, 2.45) is 17.0 Å². The van der Waals surface area contributed by atoms with E-state index in [0.29, 0.717) is 17.5 Å². The van der Waals surface area contributed by atoms with E-state index in [-0.39, 0.29) is 11.8 Å². The molecule has 1 amide bonds. The first kappa shape index (κ1) is 24.9. The summed E-state index contributed by atoms with van der Waals surface area (Å²) in [5, 5.41) is 4.53. The van der Waals surface area contributed by atoms with Crippen LogP contribution in [0.5, 0.6) is 5.75 Å². The van der Waals surface area contributed by atoms with Crippen molar-refractivity contribution < 1.29 is 9.63 Å². The highest BCUT2D eigenvalue weighted by Crippen LogP contribution is 2.27. The van der Waals surface area contributed by atoms with Crippen molar-refractivity contribution >= 4 is 17.4 Å². The number of nitrogens with zero attached hydrogens (tertiary/aromatic N) is 5. The molecule has 2 fully saturated rings. The molecule has 3 aromatic rings. The van der Waals surface area contributed by atoms with Gasteiger partial charge in [-0.3, -0.25) is 14.7 Å². The van der Waals surface area contributed by atoms with Gasteiger partial charge in [-0.2, -0.15) is 0 Å². The Hall–Kier alpha value is -3.78. The van der Waals surface area contributed by atoms with Crippen molar-refractivity contribution in [3.63, 3.8) is 0 Å². The van der Waals surface area contributed by atoms with Gasteiger partial charge >= 0.3 is 0 Å². The third kappa shape index (κ3) is 6.51. The predicted octanol–water partition coefficient (Wildman–Crippen LogP) is 3.99. The van der Waals surface area contributed by atoms with Crippen LogP contribution >= 0.6 is 0 Å². The standard InChI is InChI=1S/C29H34N6O2/c30-27-20-22(9-15-32-27)21-34-16-10-24(11-17-34)29(36)35-18-12-23(13-19-35)28(26-8-4-5-14-31-26)33-37-25-6-2-1-3-7-25/h1-9,14-15,20,23-24H,10-13,16-19,21H2,(H2,30,32). The summed E-state index contributed by atoms with van der Waals surface area (Å²) in [6, 6.07) is 19.3. The van der Waals surface area contributed by atoms with Gasteiger partial charge in [0.2, 0.25) is 5.91 Å². The number of nitrogen functional groups attached to an aromatic ring is 1. The topological polar surface area (TPSA) is 96.9 Å². The summed E-state index contributed by atoms with van der Waals surface area (Å²) in [5.74, 6) is 1.83. The summed E-state index contributed by atoms with van der Waals surface area (Å²) in [5.41, 5.74) is 8.66. The number of carbonyl (C=O) groups is 1. The van der Waals surface area contributed by atoms with Gasteiger partial charge in [0.1, 0.15) is 11.5 Å². The maximum absolute atomic E-state index is 13.3. The Balaban J connectivity index is 1.15. The third-order valence-corrected chi connectivity index (χ3v) is 7.30. The summed E-state index contributed by atoms with van der Waals surface area (Å²) < 4.78 is 0. The number of pyridine rings is 2. The molecule has 0 atom stereocenters. The molecule has 0 saturated carbocycles. The molecule has 2 aliphatic heterocycles. The number of para-hydroxylation sites is 1. The van der Waals surface area contributed by atoms with Gasteiger partial charge in [0.25, 0.3) is 0 Å². The van der Waals surface area contributed by atoms with Gasteiger partial charge in [0, 0.05) is 43.9 Å². The highest BCUT2D eigenvalue weighted by atomic mass is 16.6. The minimum absolute atomic E-state index is 0.0978. The van der Waals surface area contributed by atoms with Gasteiger partial charge in [-0.05, 0) is 80.7 Å². The fourth-order valence-corrected chi connectivity index (χ4v) is 5.25. The molecule has 2 N–H and O–H groups in total. The lowest BCUT2D eigenvalue weighted by Crippen LogP contribution is -2.46. The Labute approximate surface area is 218 Å². The van der Waals surface area contributed by atoms with E-state index in [2.05, 4.69) is 24.9 Å². The smallest absolute Gasteiger partial charge is 0.225 e. The number of nitrogens with two attached hydrogens (primary N) is 1. The van der Waals surface area contributed by atoms with Gasteiger partial charge in [-0.15, -0.1) is 0 Å². The molecule has 8 heteroatoms. The summed E-state index contributed by atoms with van der Waals surface area (Å²) >= 11 is 0. The molecule has 0 spiro atoms. The molecule has 0 bridgehead atoms. The lowest BCUT2D eigenvalue weighted by Gasteiger charge is -2.37. The van der Waals surface area contributed by atoms with Gasteiger partial charge < -0.3 is 15.5 Å². The van der Waals surface area contributed by atoms with Gasteiger partial charge in [-0.25, -0.2) is 4.98 Å². The average molecular weight is 499 g/mol. The number of hydrogen-bond donors (Lipinski definition) is 1. The van der Waals surface area contributed by atoms with Gasteiger partial charge in [0.15, 0.2) is 5.75 Å². The van der Waals surface area contributed by atoms with Crippen LogP contribution in [0.25, 0.3) is 0 Å². The Morgan fingerprint density at radius 2 is 1.62 bits per heavy atom. The lowest BCUT2D eigenvalue weighted by atomic mass is 9.88. The average Bonchev–Trinajstić information content (AvgIpc) is 2.95. The fourth-order valence-electron chi connectivity index (χ4n) is 5.25. The molecule has 2 aromatic heterocycles. The van der Waals surface area contributed by atoms with Crippen LogP contribution in [0.15, 0.2) is 78.2 Å². The second-order valence-electron chi connectivity index (χ2n) is 9.83. The van der Waals surface area contributed by atoms with Crippen LogP contribution in [0.4, 0.5) is 5.82 Å². The lowest BCUT2D eigenvalue weighted by molar-refractivity contribution is -0.138. The molecule has 0 aliphatic carbocycles. The SMILES string of the molecule is Nc1cc(CN2CCC(C(=O)N3CCC(C(=NOc4ccccc4)c4ccccn4)CC3)CC2)ccn1. The fraction of sp³-hybridized carbons (Fsp3) is 0.379. The van der Waals surface area contributed by atoms with Crippen molar-refractivity contribution in [1.29, 1.82) is 0 Å². The number of carbonyl (C=O) groups excluding carboxylic acids is 1. The van der Waals surface area contributed by atoms with Crippen molar-refractivity contribution in [1.82, 2.24) is 19.8 Å². The van der Waals surface area contributed by atoms with Crippen LogP contribution < -0.4 is 10.6 Å². The second kappa shape index (κ2) is 12.0. The van der Waals surface area contributed by atoms with Crippen molar-refractivity contribution in [2.45, 2.75) is 32.2 Å². The van der Waals surface area contributed by atoms with E-state index < -0.39 is 0 Å². The van der Waals surface area contributed by atoms with Gasteiger partial charge in [-0.1, -0.05) is 29.4 Å². The monoisotopic (exact) mass is 498 g/mol. The number of likely N-dealkylation sites (tertiary alicyclic amines) is 2. The third-order valence-electron chi connectivity index (χ3n) is 7.30. The van der Waals surface area contributed by atoms with E-state index in [1.165, 1.54) is 5.56 Å². The number of oxime groups is 1. The van der Waals surface area contributed by atoms with E-state index in [0.717, 1.165) is 69.8 Å². The number of piperidine rings is 2. The molecule has 2 saturated heterocycles. The minimum atomic E-state index is 0.0978. The Morgan fingerprint density at radius 1 is 0.892 bits per heavy atom. The van der Waals surface area contributed by atoms with Crippen molar-refractivity contribution in [3.8, 4) is 5.75 Å². The Kier molecular flexibility index (Phi) is 8.05.